The Labute approximate surface area is 89.2 Å². The van der Waals surface area contributed by atoms with Crippen LogP contribution in [-0.4, -0.2) is 17.4 Å². The number of hydrogen-bond donors (Lipinski definition) is 2. The molecule has 1 saturated heterocycles. The minimum absolute atomic E-state index is 0.253. The lowest BCUT2D eigenvalue weighted by atomic mass is 9.82. The Morgan fingerprint density at radius 1 is 1.47 bits per heavy atom. The van der Waals surface area contributed by atoms with Gasteiger partial charge in [0.15, 0.2) is 0 Å². The first kappa shape index (κ1) is 11.7. The lowest BCUT2D eigenvalue weighted by Gasteiger charge is -2.32. The summed E-state index contributed by atoms with van der Waals surface area (Å²) in [5, 5.41) is 2.27. The smallest absolute Gasteiger partial charge is 0.251 e. The van der Waals surface area contributed by atoms with Crippen molar-refractivity contribution in [1.29, 1.82) is 0 Å². The van der Waals surface area contributed by atoms with Crippen LogP contribution in [0.3, 0.4) is 0 Å². The summed E-state index contributed by atoms with van der Waals surface area (Å²) in [4.78, 5) is 22.7. The van der Waals surface area contributed by atoms with Gasteiger partial charge in [-0.15, -0.1) is 0 Å². The molecule has 1 atom stereocenters. The zero-order valence-electron chi connectivity index (χ0n) is 9.04. The van der Waals surface area contributed by atoms with Crippen LogP contribution in [-0.2, 0) is 9.59 Å². The third-order valence-electron chi connectivity index (χ3n) is 2.58. The number of amides is 2. The number of rotatable bonds is 2. The van der Waals surface area contributed by atoms with E-state index in [1.807, 2.05) is 19.9 Å². The standard InChI is InChI=1S/C11H16N2O2/c1-3-5-8(4-2)11(12)7-6-9(14)13-10(11)15/h3-5H,6-7,12H2,1-2H3,(H,13,14,15)/b5-3-,8-4+. The van der Waals surface area contributed by atoms with Crippen LogP contribution >= 0.6 is 0 Å². The molecular weight excluding hydrogens is 192 g/mol. The number of imide groups is 1. The van der Waals surface area contributed by atoms with E-state index < -0.39 is 11.4 Å². The van der Waals surface area contributed by atoms with Crippen LogP contribution in [0.4, 0.5) is 0 Å². The first-order valence-corrected chi connectivity index (χ1v) is 4.97. The highest BCUT2D eigenvalue weighted by atomic mass is 16.2. The Kier molecular flexibility index (Phi) is 3.42. The fourth-order valence-corrected chi connectivity index (χ4v) is 1.68. The Bertz CT molecular complexity index is 344. The highest BCUT2D eigenvalue weighted by Crippen LogP contribution is 2.24. The lowest BCUT2D eigenvalue weighted by molar-refractivity contribution is -0.136. The van der Waals surface area contributed by atoms with Gasteiger partial charge in [-0.25, -0.2) is 0 Å². The zero-order valence-corrected chi connectivity index (χ0v) is 9.04. The molecule has 0 aromatic rings. The van der Waals surface area contributed by atoms with Crippen molar-refractivity contribution in [3.05, 3.63) is 23.8 Å². The van der Waals surface area contributed by atoms with Gasteiger partial charge in [-0.2, -0.15) is 0 Å². The third kappa shape index (κ3) is 2.15. The number of nitrogens with two attached hydrogens (primary N) is 1. The van der Waals surface area contributed by atoms with Crippen molar-refractivity contribution in [2.24, 2.45) is 5.73 Å². The first-order valence-electron chi connectivity index (χ1n) is 4.97. The molecule has 4 heteroatoms. The molecule has 0 saturated carbocycles. The van der Waals surface area contributed by atoms with E-state index in [1.54, 1.807) is 12.2 Å². The van der Waals surface area contributed by atoms with Gasteiger partial charge in [0.25, 0.3) is 5.91 Å². The minimum Gasteiger partial charge on any atom is -0.314 e. The van der Waals surface area contributed by atoms with E-state index >= 15 is 0 Å². The Hall–Kier alpha value is -1.42. The average molecular weight is 208 g/mol. The number of hydrogen-bond acceptors (Lipinski definition) is 3. The molecule has 3 N–H and O–H groups in total. The van der Waals surface area contributed by atoms with E-state index in [-0.39, 0.29) is 12.3 Å². The maximum absolute atomic E-state index is 11.7. The second-order valence-corrected chi connectivity index (χ2v) is 3.59. The Morgan fingerprint density at radius 2 is 2.13 bits per heavy atom. The molecule has 0 aromatic carbocycles. The molecule has 0 radical (unpaired) electrons. The van der Waals surface area contributed by atoms with Gasteiger partial charge in [-0.3, -0.25) is 14.9 Å². The van der Waals surface area contributed by atoms with Crippen LogP contribution in [0, 0.1) is 0 Å². The summed E-state index contributed by atoms with van der Waals surface area (Å²) in [7, 11) is 0. The van der Waals surface area contributed by atoms with Crippen LogP contribution in [0.2, 0.25) is 0 Å². The second-order valence-electron chi connectivity index (χ2n) is 3.59. The first-order chi connectivity index (χ1) is 7.04. The van der Waals surface area contributed by atoms with Crippen molar-refractivity contribution in [2.75, 3.05) is 0 Å². The van der Waals surface area contributed by atoms with Gasteiger partial charge in [0.05, 0.1) is 0 Å². The molecule has 0 aromatic heterocycles. The van der Waals surface area contributed by atoms with Gasteiger partial charge < -0.3 is 5.73 Å². The molecule has 0 spiro atoms. The summed E-state index contributed by atoms with van der Waals surface area (Å²) in [6, 6.07) is 0. The van der Waals surface area contributed by atoms with Crippen molar-refractivity contribution in [3.8, 4) is 0 Å². The van der Waals surface area contributed by atoms with Crippen molar-refractivity contribution in [2.45, 2.75) is 32.2 Å². The molecule has 0 bridgehead atoms. The number of nitrogens with one attached hydrogen (secondary N) is 1. The molecule has 15 heavy (non-hydrogen) atoms. The quantitative estimate of drug-likeness (QED) is 0.516. The molecule has 1 heterocycles. The van der Waals surface area contributed by atoms with Crippen LogP contribution in [0.25, 0.3) is 0 Å². The summed E-state index contributed by atoms with van der Waals surface area (Å²) >= 11 is 0. The van der Waals surface area contributed by atoms with E-state index in [0.717, 1.165) is 5.57 Å². The van der Waals surface area contributed by atoms with Crippen LogP contribution in [0.5, 0.6) is 0 Å². The molecule has 2 amide bonds. The van der Waals surface area contributed by atoms with E-state index in [0.29, 0.717) is 6.42 Å². The molecule has 1 unspecified atom stereocenters. The zero-order chi connectivity index (χ0) is 11.5. The topological polar surface area (TPSA) is 72.2 Å². The van der Waals surface area contributed by atoms with Gasteiger partial charge in [-0.05, 0) is 25.8 Å². The fraction of sp³-hybridized carbons (Fsp3) is 0.455. The molecule has 1 aliphatic rings. The van der Waals surface area contributed by atoms with Crippen molar-refractivity contribution in [1.82, 2.24) is 5.32 Å². The maximum atomic E-state index is 11.7. The van der Waals surface area contributed by atoms with E-state index in [4.69, 9.17) is 5.73 Å². The maximum Gasteiger partial charge on any atom is 0.251 e. The SMILES string of the molecule is C/C=C\C(=C/C)C1(N)CCC(=O)NC1=O. The van der Waals surface area contributed by atoms with Crippen LogP contribution in [0.1, 0.15) is 26.7 Å². The van der Waals surface area contributed by atoms with E-state index in [9.17, 15) is 9.59 Å². The van der Waals surface area contributed by atoms with E-state index in [1.165, 1.54) is 0 Å². The average Bonchev–Trinajstić information content (AvgIpc) is 2.20. The largest absolute Gasteiger partial charge is 0.314 e. The molecule has 82 valence electrons. The normalized spacial score (nSPS) is 28.3. The predicted molar refractivity (Wildman–Crippen MR) is 57.9 cm³/mol. The summed E-state index contributed by atoms with van der Waals surface area (Å²) in [6.45, 7) is 3.69. The van der Waals surface area contributed by atoms with Crippen LogP contribution in [0.15, 0.2) is 23.8 Å². The number of carbonyl (C=O) groups excluding carboxylic acids is 2. The Balaban J connectivity index is 3.00. The molecule has 1 fully saturated rings. The highest BCUT2D eigenvalue weighted by Gasteiger charge is 2.40. The Morgan fingerprint density at radius 3 is 2.60 bits per heavy atom. The highest BCUT2D eigenvalue weighted by molar-refractivity contribution is 6.04. The number of carbonyl (C=O) groups is 2. The molecule has 4 nitrogen and oxygen atoms in total. The second kappa shape index (κ2) is 4.40. The number of piperidine rings is 1. The van der Waals surface area contributed by atoms with Gasteiger partial charge in [0.2, 0.25) is 5.91 Å². The van der Waals surface area contributed by atoms with Crippen molar-refractivity contribution >= 4 is 11.8 Å². The molecular formula is C11H16N2O2. The third-order valence-corrected chi connectivity index (χ3v) is 2.58. The van der Waals surface area contributed by atoms with Crippen molar-refractivity contribution < 1.29 is 9.59 Å². The summed E-state index contributed by atoms with van der Waals surface area (Å²) in [5.74, 6) is -0.665. The summed E-state index contributed by atoms with van der Waals surface area (Å²) in [6.07, 6.45) is 6.08. The van der Waals surface area contributed by atoms with Crippen LogP contribution < -0.4 is 11.1 Å². The fourth-order valence-electron chi connectivity index (χ4n) is 1.68. The predicted octanol–water partition coefficient (Wildman–Crippen LogP) is 0.643. The summed E-state index contributed by atoms with van der Waals surface area (Å²) < 4.78 is 0. The number of allylic oxidation sites excluding steroid dienone is 2. The van der Waals surface area contributed by atoms with Gasteiger partial charge in [0.1, 0.15) is 5.54 Å². The van der Waals surface area contributed by atoms with Gasteiger partial charge in [0, 0.05) is 6.42 Å². The summed E-state index contributed by atoms with van der Waals surface area (Å²) in [5.41, 5.74) is 5.71. The van der Waals surface area contributed by atoms with Crippen molar-refractivity contribution in [3.63, 3.8) is 0 Å². The van der Waals surface area contributed by atoms with Gasteiger partial charge in [-0.1, -0.05) is 18.2 Å². The molecule has 1 aliphatic heterocycles. The van der Waals surface area contributed by atoms with E-state index in [2.05, 4.69) is 5.32 Å². The molecule has 1 rings (SSSR count). The minimum atomic E-state index is -1.06. The lowest BCUT2D eigenvalue weighted by Crippen LogP contribution is -2.60. The monoisotopic (exact) mass is 208 g/mol. The molecule has 0 aliphatic carbocycles. The van der Waals surface area contributed by atoms with Gasteiger partial charge >= 0.3 is 0 Å².